The molecule has 0 heterocycles. The van der Waals surface area contributed by atoms with E-state index in [1.807, 2.05) is 0 Å². The lowest BCUT2D eigenvalue weighted by molar-refractivity contribution is -0.384. The third-order valence-corrected chi connectivity index (χ3v) is 5.50. The fourth-order valence-corrected chi connectivity index (χ4v) is 3.49. The van der Waals surface area contributed by atoms with Crippen LogP contribution in [0.1, 0.15) is 12.5 Å². The fourth-order valence-electron chi connectivity index (χ4n) is 2.17. The number of halogens is 1. The van der Waals surface area contributed by atoms with Crippen LogP contribution in [-0.2, 0) is 20.4 Å². The van der Waals surface area contributed by atoms with Gasteiger partial charge in [0.2, 0.25) is 10.0 Å². The summed E-state index contributed by atoms with van der Waals surface area (Å²) in [5.74, 6) is 0. The number of nitrogens with one attached hydrogen (secondary N) is 1. The first-order valence-corrected chi connectivity index (χ1v) is 9.09. The Labute approximate surface area is 150 Å². The second-order valence-corrected chi connectivity index (χ2v) is 7.72. The van der Waals surface area contributed by atoms with Crippen molar-refractivity contribution in [3.63, 3.8) is 0 Å². The Morgan fingerprint density at radius 3 is 2.40 bits per heavy atom. The van der Waals surface area contributed by atoms with Gasteiger partial charge in [0.15, 0.2) is 0 Å². The summed E-state index contributed by atoms with van der Waals surface area (Å²) < 4.78 is 32.8. The molecule has 9 heteroatoms. The zero-order chi connectivity index (χ0) is 18.7. The van der Waals surface area contributed by atoms with E-state index < -0.39 is 20.5 Å². The number of benzene rings is 2. The summed E-state index contributed by atoms with van der Waals surface area (Å²) in [6, 6.07) is 11.6. The molecule has 0 aromatic heterocycles. The van der Waals surface area contributed by atoms with Crippen LogP contribution in [0.25, 0.3) is 0 Å². The van der Waals surface area contributed by atoms with Crippen LogP contribution >= 0.6 is 11.6 Å². The van der Waals surface area contributed by atoms with E-state index >= 15 is 0 Å². The maximum Gasteiger partial charge on any atom is 0.269 e. The quantitative estimate of drug-likeness (QED) is 0.584. The van der Waals surface area contributed by atoms with Crippen molar-refractivity contribution >= 4 is 27.3 Å². The van der Waals surface area contributed by atoms with Gasteiger partial charge in [-0.25, -0.2) is 13.1 Å². The Balaban J connectivity index is 2.20. The number of rotatable bonds is 7. The van der Waals surface area contributed by atoms with Crippen molar-refractivity contribution in [1.29, 1.82) is 0 Å². The normalized spacial score (nSPS) is 14.0. The van der Waals surface area contributed by atoms with Gasteiger partial charge in [-0.15, -0.1) is 0 Å². The number of sulfonamides is 1. The SMILES string of the molecule is COC(C)(CNS(=O)(=O)c1ccc([N+](=O)[O-])cc1)c1cccc(Cl)c1. The average molecular weight is 385 g/mol. The lowest BCUT2D eigenvalue weighted by atomic mass is 9.96. The number of hydrogen-bond donors (Lipinski definition) is 1. The van der Waals surface area contributed by atoms with Crippen LogP contribution in [0.5, 0.6) is 0 Å². The summed E-state index contributed by atoms with van der Waals surface area (Å²) in [6.45, 7) is 1.69. The molecule has 134 valence electrons. The standard InChI is InChI=1S/C16H17ClN2O5S/c1-16(24-2,12-4-3-5-13(17)10-12)11-18-25(22,23)15-8-6-14(7-9-15)19(20)21/h3-10,18H,11H2,1-2H3. The minimum absolute atomic E-state index is 0.0385. The molecule has 0 radical (unpaired) electrons. The summed E-state index contributed by atoms with van der Waals surface area (Å²) in [6.07, 6.45) is 0. The Bertz CT molecular complexity index is 870. The van der Waals surface area contributed by atoms with Crippen molar-refractivity contribution in [3.8, 4) is 0 Å². The third-order valence-electron chi connectivity index (χ3n) is 3.84. The Morgan fingerprint density at radius 1 is 1.24 bits per heavy atom. The molecule has 2 aromatic rings. The first-order valence-electron chi connectivity index (χ1n) is 7.23. The van der Waals surface area contributed by atoms with E-state index in [0.29, 0.717) is 10.6 Å². The summed E-state index contributed by atoms with van der Waals surface area (Å²) >= 11 is 5.98. The molecule has 25 heavy (non-hydrogen) atoms. The second kappa shape index (κ2) is 7.49. The monoisotopic (exact) mass is 384 g/mol. The van der Waals surface area contributed by atoms with E-state index in [9.17, 15) is 18.5 Å². The van der Waals surface area contributed by atoms with Crippen LogP contribution in [0, 0.1) is 10.1 Å². The Kier molecular flexibility index (Phi) is 5.79. The van der Waals surface area contributed by atoms with Gasteiger partial charge in [-0.05, 0) is 36.8 Å². The van der Waals surface area contributed by atoms with Crippen molar-refractivity contribution in [1.82, 2.24) is 4.72 Å². The molecule has 0 aliphatic rings. The van der Waals surface area contributed by atoms with E-state index in [2.05, 4.69) is 4.72 Å². The molecule has 1 unspecified atom stereocenters. The number of methoxy groups -OCH3 is 1. The summed E-state index contributed by atoms with van der Waals surface area (Å²) in [4.78, 5) is 10.00. The van der Waals surface area contributed by atoms with Crippen LogP contribution in [-0.4, -0.2) is 27.0 Å². The number of hydrogen-bond acceptors (Lipinski definition) is 5. The smallest absolute Gasteiger partial charge is 0.269 e. The van der Waals surface area contributed by atoms with E-state index in [1.54, 1.807) is 31.2 Å². The highest BCUT2D eigenvalue weighted by atomic mass is 35.5. The third kappa shape index (κ3) is 4.55. The van der Waals surface area contributed by atoms with Gasteiger partial charge >= 0.3 is 0 Å². The van der Waals surface area contributed by atoms with Crippen molar-refractivity contribution in [3.05, 3.63) is 69.2 Å². The molecule has 2 aromatic carbocycles. The summed E-state index contributed by atoms with van der Waals surface area (Å²) in [5.41, 5.74) is -0.396. The number of nitro groups is 1. The topological polar surface area (TPSA) is 98.5 Å². The van der Waals surface area contributed by atoms with Gasteiger partial charge in [-0.2, -0.15) is 0 Å². The van der Waals surface area contributed by atoms with Gasteiger partial charge in [0, 0.05) is 30.8 Å². The van der Waals surface area contributed by atoms with Crippen LogP contribution in [0.15, 0.2) is 53.4 Å². The van der Waals surface area contributed by atoms with Gasteiger partial charge in [0.05, 0.1) is 9.82 Å². The minimum Gasteiger partial charge on any atom is -0.372 e. The summed E-state index contributed by atoms with van der Waals surface area (Å²) in [5, 5.41) is 11.2. The van der Waals surface area contributed by atoms with Crippen molar-refractivity contribution in [2.45, 2.75) is 17.4 Å². The van der Waals surface area contributed by atoms with Gasteiger partial charge in [-0.1, -0.05) is 23.7 Å². The Morgan fingerprint density at radius 2 is 1.88 bits per heavy atom. The first-order chi connectivity index (χ1) is 11.7. The molecular weight excluding hydrogens is 368 g/mol. The Hall–Kier alpha value is -2.00. The van der Waals surface area contributed by atoms with Crippen LogP contribution in [0.3, 0.4) is 0 Å². The van der Waals surface area contributed by atoms with Gasteiger partial charge < -0.3 is 4.74 Å². The largest absolute Gasteiger partial charge is 0.372 e. The van der Waals surface area contributed by atoms with E-state index in [-0.39, 0.29) is 17.1 Å². The lowest BCUT2D eigenvalue weighted by Gasteiger charge is -2.29. The second-order valence-electron chi connectivity index (χ2n) is 5.52. The molecule has 1 N–H and O–H groups in total. The fraction of sp³-hybridized carbons (Fsp3) is 0.250. The first kappa shape index (κ1) is 19.3. The molecule has 0 aliphatic heterocycles. The maximum absolute atomic E-state index is 12.4. The summed E-state index contributed by atoms with van der Waals surface area (Å²) in [7, 11) is -2.38. The van der Waals surface area contributed by atoms with Crippen LogP contribution in [0.4, 0.5) is 5.69 Å². The van der Waals surface area contributed by atoms with Gasteiger partial charge in [0.1, 0.15) is 5.60 Å². The molecule has 0 saturated carbocycles. The van der Waals surface area contributed by atoms with Crippen molar-refractivity contribution < 1.29 is 18.1 Å². The zero-order valence-electron chi connectivity index (χ0n) is 13.6. The predicted octanol–water partition coefficient (Wildman–Crippen LogP) is 3.09. The predicted molar refractivity (Wildman–Crippen MR) is 94.1 cm³/mol. The van der Waals surface area contributed by atoms with E-state index in [4.69, 9.17) is 16.3 Å². The molecule has 0 bridgehead atoms. The number of nitro benzene ring substituents is 1. The molecule has 0 aliphatic carbocycles. The van der Waals surface area contributed by atoms with E-state index in [1.165, 1.54) is 19.2 Å². The molecule has 1 atom stereocenters. The number of non-ortho nitro benzene ring substituents is 1. The average Bonchev–Trinajstić information content (AvgIpc) is 2.60. The molecule has 2 rings (SSSR count). The van der Waals surface area contributed by atoms with Crippen molar-refractivity contribution in [2.75, 3.05) is 13.7 Å². The highest BCUT2D eigenvalue weighted by molar-refractivity contribution is 7.89. The molecular formula is C16H17ClN2O5S. The number of ether oxygens (including phenoxy) is 1. The lowest BCUT2D eigenvalue weighted by Crippen LogP contribution is -2.40. The maximum atomic E-state index is 12.4. The van der Waals surface area contributed by atoms with Gasteiger partial charge in [-0.3, -0.25) is 10.1 Å². The number of nitrogens with zero attached hydrogens (tertiary/aromatic N) is 1. The zero-order valence-corrected chi connectivity index (χ0v) is 15.2. The van der Waals surface area contributed by atoms with Crippen LogP contribution in [0.2, 0.25) is 5.02 Å². The van der Waals surface area contributed by atoms with E-state index in [0.717, 1.165) is 12.1 Å². The molecule has 7 nitrogen and oxygen atoms in total. The minimum atomic E-state index is -3.85. The highest BCUT2D eigenvalue weighted by Gasteiger charge is 2.29. The molecule has 0 spiro atoms. The van der Waals surface area contributed by atoms with Crippen molar-refractivity contribution in [2.24, 2.45) is 0 Å². The molecule has 0 amide bonds. The molecule has 0 saturated heterocycles. The van der Waals surface area contributed by atoms with Crippen LogP contribution < -0.4 is 4.72 Å². The van der Waals surface area contributed by atoms with Gasteiger partial charge in [0.25, 0.3) is 5.69 Å². The highest BCUT2D eigenvalue weighted by Crippen LogP contribution is 2.27. The molecule has 0 fully saturated rings.